The van der Waals surface area contributed by atoms with Crippen molar-refractivity contribution in [3.8, 4) is 5.75 Å². The molecule has 4 rings (SSSR count). The number of alkyl halides is 6. The number of halogens is 6. The van der Waals surface area contributed by atoms with Gasteiger partial charge in [-0.3, -0.25) is 9.62 Å². The van der Waals surface area contributed by atoms with Crippen LogP contribution in [-0.4, -0.2) is 59.6 Å². The molecule has 0 saturated heterocycles. The number of aryl methyl sites for hydroxylation is 1. The lowest BCUT2D eigenvalue weighted by atomic mass is 10.1. The highest BCUT2D eigenvalue weighted by atomic mass is 32.2. The maximum Gasteiger partial charge on any atom is 0.427 e. The van der Waals surface area contributed by atoms with Gasteiger partial charge in [0.2, 0.25) is 5.60 Å². The fourth-order valence-electron chi connectivity index (χ4n) is 3.74. The molecular formula is C23H22F6N6O5S. The molecule has 0 bridgehead atoms. The topological polar surface area (TPSA) is 139 Å². The molecule has 1 aliphatic rings. The SMILES string of the molecule is CC(C)(OC(=O)Nc1ccc2c(c1)N(S(=O)(=O)c1cccc(C(F)(F)F)c1)C[C@H](CCc1nn[nH]n1)O2)C(F)(F)F. The monoisotopic (exact) mass is 608 g/mol. The highest BCUT2D eigenvalue weighted by molar-refractivity contribution is 7.92. The smallest absolute Gasteiger partial charge is 0.427 e. The van der Waals surface area contributed by atoms with Crippen molar-refractivity contribution in [2.75, 3.05) is 16.2 Å². The van der Waals surface area contributed by atoms with Crippen molar-refractivity contribution in [3.63, 3.8) is 0 Å². The second-order valence-corrected chi connectivity index (χ2v) is 11.2. The van der Waals surface area contributed by atoms with Crippen LogP contribution in [0.4, 0.5) is 42.5 Å². The zero-order chi connectivity index (χ0) is 30.2. The molecule has 18 heteroatoms. The van der Waals surface area contributed by atoms with Gasteiger partial charge in [0, 0.05) is 12.1 Å². The van der Waals surface area contributed by atoms with Gasteiger partial charge in [-0.2, -0.15) is 31.6 Å². The molecule has 1 aromatic heterocycles. The van der Waals surface area contributed by atoms with Gasteiger partial charge in [-0.15, -0.1) is 10.2 Å². The number of ether oxygens (including phenoxy) is 2. The van der Waals surface area contributed by atoms with E-state index in [0.29, 0.717) is 25.7 Å². The first-order valence-electron chi connectivity index (χ1n) is 11.8. The third kappa shape index (κ3) is 6.63. The van der Waals surface area contributed by atoms with Crippen LogP contribution < -0.4 is 14.4 Å². The molecule has 2 N–H and O–H groups in total. The number of aromatic amines is 1. The number of benzene rings is 2. The van der Waals surface area contributed by atoms with Crippen molar-refractivity contribution in [1.29, 1.82) is 0 Å². The molecule has 0 spiro atoms. The van der Waals surface area contributed by atoms with Crippen LogP contribution in [-0.2, 0) is 27.4 Å². The zero-order valence-electron chi connectivity index (χ0n) is 21.2. The van der Waals surface area contributed by atoms with Crippen LogP contribution in [0.2, 0.25) is 0 Å². The fourth-order valence-corrected chi connectivity index (χ4v) is 5.28. The Morgan fingerprint density at radius 3 is 2.51 bits per heavy atom. The van der Waals surface area contributed by atoms with E-state index in [0.717, 1.165) is 28.6 Å². The molecule has 0 unspecified atom stereocenters. The number of carbonyl (C=O) groups excluding carboxylic acids is 1. The average molecular weight is 609 g/mol. The predicted molar refractivity (Wildman–Crippen MR) is 130 cm³/mol. The highest BCUT2D eigenvalue weighted by Gasteiger charge is 2.51. The molecule has 11 nitrogen and oxygen atoms in total. The van der Waals surface area contributed by atoms with Gasteiger partial charge in [-0.05, 0) is 56.7 Å². The third-order valence-electron chi connectivity index (χ3n) is 6.00. The molecular weight excluding hydrogens is 586 g/mol. The normalized spacial score (nSPS) is 16.1. The van der Waals surface area contributed by atoms with E-state index < -0.39 is 50.6 Å². The fraction of sp³-hybridized carbons (Fsp3) is 0.391. The first kappa shape index (κ1) is 29.9. The van der Waals surface area contributed by atoms with Crippen molar-refractivity contribution in [2.45, 2.75) is 55.6 Å². The van der Waals surface area contributed by atoms with Crippen molar-refractivity contribution in [3.05, 3.63) is 53.9 Å². The number of anilines is 2. The van der Waals surface area contributed by atoms with Crippen molar-refractivity contribution >= 4 is 27.5 Å². The molecule has 2 aromatic carbocycles. The molecule has 1 aliphatic heterocycles. The van der Waals surface area contributed by atoms with E-state index in [9.17, 15) is 39.6 Å². The molecule has 1 amide bonds. The second-order valence-electron chi connectivity index (χ2n) is 9.37. The number of hydrogen-bond donors (Lipinski definition) is 2. The van der Waals surface area contributed by atoms with Crippen molar-refractivity contribution < 1.29 is 49.0 Å². The first-order chi connectivity index (χ1) is 19.0. The van der Waals surface area contributed by atoms with Gasteiger partial charge in [-0.25, -0.2) is 13.2 Å². The van der Waals surface area contributed by atoms with E-state index in [2.05, 4.69) is 30.7 Å². The van der Waals surface area contributed by atoms with Crippen LogP contribution >= 0.6 is 0 Å². The number of rotatable bonds is 7. The molecule has 1 atom stereocenters. The number of amides is 1. The Hall–Kier alpha value is -4.09. The third-order valence-corrected chi connectivity index (χ3v) is 7.77. The maximum absolute atomic E-state index is 13.7. The number of fused-ring (bicyclic) bond motifs is 1. The molecule has 2 heterocycles. The predicted octanol–water partition coefficient (Wildman–Crippen LogP) is 4.70. The Morgan fingerprint density at radius 2 is 1.88 bits per heavy atom. The van der Waals surface area contributed by atoms with E-state index in [-0.39, 0.29) is 36.5 Å². The van der Waals surface area contributed by atoms with Crippen LogP contribution in [0.3, 0.4) is 0 Å². The summed E-state index contributed by atoms with van der Waals surface area (Å²) in [5.41, 5.74) is -4.36. The number of nitrogens with one attached hydrogen (secondary N) is 2. The lowest BCUT2D eigenvalue weighted by molar-refractivity contribution is -0.242. The summed E-state index contributed by atoms with van der Waals surface area (Å²) in [6.45, 7) is 0.926. The van der Waals surface area contributed by atoms with Crippen LogP contribution in [0.15, 0.2) is 47.4 Å². The zero-order valence-corrected chi connectivity index (χ0v) is 22.1. The summed E-state index contributed by atoms with van der Waals surface area (Å²) in [5, 5.41) is 15.4. The Labute approximate surface area is 228 Å². The lowest BCUT2D eigenvalue weighted by Crippen LogP contribution is -2.44. The van der Waals surface area contributed by atoms with E-state index in [1.807, 2.05) is 0 Å². The summed E-state index contributed by atoms with van der Waals surface area (Å²) in [7, 11) is -4.65. The number of carbonyl (C=O) groups is 1. The molecule has 0 fully saturated rings. The van der Waals surface area contributed by atoms with Gasteiger partial charge >= 0.3 is 18.4 Å². The summed E-state index contributed by atoms with van der Waals surface area (Å²) in [6, 6.07) is 6.73. The lowest BCUT2D eigenvalue weighted by Gasteiger charge is -2.36. The van der Waals surface area contributed by atoms with Crippen LogP contribution in [0.25, 0.3) is 0 Å². The van der Waals surface area contributed by atoms with Gasteiger partial charge < -0.3 is 9.47 Å². The van der Waals surface area contributed by atoms with E-state index in [1.54, 1.807) is 0 Å². The minimum Gasteiger partial charge on any atom is -0.486 e. The van der Waals surface area contributed by atoms with Gasteiger partial charge in [0.15, 0.2) is 5.82 Å². The summed E-state index contributed by atoms with van der Waals surface area (Å²) < 4.78 is 118. The Balaban J connectivity index is 1.68. The van der Waals surface area contributed by atoms with Gasteiger partial charge in [0.25, 0.3) is 10.0 Å². The number of nitrogens with zero attached hydrogens (tertiary/aromatic N) is 4. The van der Waals surface area contributed by atoms with Gasteiger partial charge in [-0.1, -0.05) is 11.3 Å². The minimum atomic E-state index is -4.87. The number of aromatic nitrogens is 4. The number of sulfonamides is 1. The first-order valence-corrected chi connectivity index (χ1v) is 13.2. The molecule has 222 valence electrons. The summed E-state index contributed by atoms with van der Waals surface area (Å²) in [6.07, 6.45) is -11.6. The van der Waals surface area contributed by atoms with Gasteiger partial charge in [0.1, 0.15) is 11.9 Å². The summed E-state index contributed by atoms with van der Waals surface area (Å²) in [5.74, 6) is 0.297. The Bertz CT molecular complexity index is 1510. The van der Waals surface area contributed by atoms with Gasteiger partial charge in [0.05, 0.1) is 22.7 Å². The van der Waals surface area contributed by atoms with Crippen LogP contribution in [0.5, 0.6) is 5.75 Å². The Kier molecular flexibility index (Phi) is 7.81. The minimum absolute atomic E-state index is 0.0144. The number of tetrazole rings is 1. The molecule has 41 heavy (non-hydrogen) atoms. The maximum atomic E-state index is 13.7. The van der Waals surface area contributed by atoms with Crippen LogP contribution in [0, 0.1) is 0 Å². The quantitative estimate of drug-likeness (QED) is 0.368. The second kappa shape index (κ2) is 10.7. The van der Waals surface area contributed by atoms with E-state index >= 15 is 0 Å². The number of H-pyrrole nitrogens is 1. The standard InChI is InChI=1S/C23H22F6N6O5S/c1-21(2,23(27,28)29)40-20(36)30-14-6-8-18-17(11-14)35(12-15(39-18)7-9-19-31-33-34-32-19)41(37,38)16-5-3-4-13(10-16)22(24,25)26/h3-6,8,10-11,15H,7,9,12H2,1-2H3,(H,30,36)(H,31,32,33,34)/t15-/m0/s1. The largest absolute Gasteiger partial charge is 0.486 e. The van der Waals surface area contributed by atoms with Crippen molar-refractivity contribution in [2.24, 2.45) is 0 Å². The van der Waals surface area contributed by atoms with E-state index in [4.69, 9.17) is 4.74 Å². The average Bonchev–Trinajstić information content (AvgIpc) is 3.39. The van der Waals surface area contributed by atoms with Crippen molar-refractivity contribution in [1.82, 2.24) is 20.6 Å². The van der Waals surface area contributed by atoms with E-state index in [1.165, 1.54) is 12.1 Å². The van der Waals surface area contributed by atoms with Crippen LogP contribution in [0.1, 0.15) is 31.7 Å². The highest BCUT2D eigenvalue weighted by Crippen LogP contribution is 2.41. The molecule has 0 aliphatic carbocycles. The molecule has 0 radical (unpaired) electrons. The molecule has 0 saturated carbocycles. The summed E-state index contributed by atoms with van der Waals surface area (Å²) >= 11 is 0. The molecule has 3 aromatic rings. The Morgan fingerprint density at radius 1 is 1.15 bits per heavy atom. The summed E-state index contributed by atoms with van der Waals surface area (Å²) in [4.78, 5) is 11.5. The number of hydrogen-bond acceptors (Lipinski definition) is 8.